The summed E-state index contributed by atoms with van der Waals surface area (Å²) in [5.74, 6) is 0. The van der Waals surface area contributed by atoms with Gasteiger partial charge in [0.25, 0.3) is 0 Å². The van der Waals surface area contributed by atoms with Crippen LogP contribution in [0.25, 0.3) is 11.0 Å². The molecular formula is C17H16N2. The van der Waals surface area contributed by atoms with Crippen LogP contribution in [0, 0.1) is 6.92 Å². The van der Waals surface area contributed by atoms with Crippen LogP contribution >= 0.6 is 0 Å². The zero-order chi connectivity index (χ0) is 13.1. The standard InChI is InChI=1S/C17H16N2/c1-13-7-10-16-17(11-13)18-12-15(19-16)9-8-14-5-3-2-4-6-14/h2-7,10-12H,8-9H2,1H3. The van der Waals surface area contributed by atoms with Crippen LogP contribution in [0.2, 0.25) is 0 Å². The van der Waals surface area contributed by atoms with Gasteiger partial charge in [-0.1, -0.05) is 36.4 Å². The molecule has 0 fully saturated rings. The van der Waals surface area contributed by atoms with E-state index in [1.165, 1.54) is 11.1 Å². The minimum absolute atomic E-state index is 0.931. The summed E-state index contributed by atoms with van der Waals surface area (Å²) in [6.07, 6.45) is 3.83. The molecule has 0 aliphatic heterocycles. The average Bonchev–Trinajstić information content (AvgIpc) is 2.46. The summed E-state index contributed by atoms with van der Waals surface area (Å²) >= 11 is 0. The Labute approximate surface area is 113 Å². The van der Waals surface area contributed by atoms with Gasteiger partial charge in [0.1, 0.15) is 0 Å². The van der Waals surface area contributed by atoms with Crippen molar-refractivity contribution in [3.05, 3.63) is 71.5 Å². The molecule has 94 valence electrons. The second kappa shape index (κ2) is 5.19. The Morgan fingerprint density at radius 2 is 1.74 bits per heavy atom. The van der Waals surface area contributed by atoms with E-state index in [1.807, 2.05) is 18.3 Å². The highest BCUT2D eigenvalue weighted by Gasteiger charge is 2.01. The van der Waals surface area contributed by atoms with Gasteiger partial charge in [-0.05, 0) is 43.0 Å². The molecule has 0 radical (unpaired) electrons. The normalized spacial score (nSPS) is 10.8. The predicted octanol–water partition coefficient (Wildman–Crippen LogP) is 3.72. The molecule has 0 spiro atoms. The van der Waals surface area contributed by atoms with Crippen molar-refractivity contribution in [3.8, 4) is 0 Å². The van der Waals surface area contributed by atoms with E-state index in [9.17, 15) is 0 Å². The highest BCUT2D eigenvalue weighted by Crippen LogP contribution is 2.13. The smallest absolute Gasteiger partial charge is 0.0890 e. The summed E-state index contributed by atoms with van der Waals surface area (Å²) in [4.78, 5) is 9.16. The first-order chi connectivity index (χ1) is 9.31. The third-order valence-electron chi connectivity index (χ3n) is 3.26. The van der Waals surface area contributed by atoms with E-state index in [1.54, 1.807) is 0 Å². The number of aromatic nitrogens is 2. The fraction of sp³-hybridized carbons (Fsp3) is 0.176. The van der Waals surface area contributed by atoms with Crippen molar-refractivity contribution in [3.63, 3.8) is 0 Å². The largest absolute Gasteiger partial charge is 0.253 e. The quantitative estimate of drug-likeness (QED) is 0.706. The van der Waals surface area contributed by atoms with Crippen LogP contribution < -0.4 is 0 Å². The van der Waals surface area contributed by atoms with Gasteiger partial charge in [0.05, 0.1) is 16.7 Å². The van der Waals surface area contributed by atoms with Crippen molar-refractivity contribution >= 4 is 11.0 Å². The third-order valence-corrected chi connectivity index (χ3v) is 3.26. The topological polar surface area (TPSA) is 25.8 Å². The van der Waals surface area contributed by atoms with Crippen molar-refractivity contribution in [2.75, 3.05) is 0 Å². The molecule has 19 heavy (non-hydrogen) atoms. The van der Waals surface area contributed by atoms with Crippen LogP contribution in [-0.4, -0.2) is 9.97 Å². The molecule has 0 aliphatic carbocycles. The summed E-state index contributed by atoms with van der Waals surface area (Å²) in [5, 5.41) is 0. The number of hydrogen-bond acceptors (Lipinski definition) is 2. The maximum Gasteiger partial charge on any atom is 0.0890 e. The van der Waals surface area contributed by atoms with Crippen LogP contribution in [0.4, 0.5) is 0 Å². The molecule has 0 N–H and O–H groups in total. The van der Waals surface area contributed by atoms with E-state index in [2.05, 4.69) is 53.3 Å². The van der Waals surface area contributed by atoms with E-state index < -0.39 is 0 Å². The average molecular weight is 248 g/mol. The van der Waals surface area contributed by atoms with Crippen LogP contribution in [0.1, 0.15) is 16.8 Å². The summed E-state index contributed by atoms with van der Waals surface area (Å²) < 4.78 is 0. The SMILES string of the molecule is Cc1ccc2nc(CCc3ccccc3)cnc2c1. The molecule has 3 aromatic rings. The zero-order valence-corrected chi connectivity index (χ0v) is 11.0. The van der Waals surface area contributed by atoms with E-state index in [4.69, 9.17) is 0 Å². The highest BCUT2D eigenvalue weighted by atomic mass is 14.8. The molecule has 2 nitrogen and oxygen atoms in total. The maximum atomic E-state index is 4.67. The van der Waals surface area contributed by atoms with Gasteiger partial charge in [-0.3, -0.25) is 4.98 Å². The molecule has 0 saturated carbocycles. The van der Waals surface area contributed by atoms with Gasteiger partial charge >= 0.3 is 0 Å². The lowest BCUT2D eigenvalue weighted by Gasteiger charge is -2.03. The molecule has 0 amide bonds. The van der Waals surface area contributed by atoms with Crippen LogP contribution in [0.15, 0.2) is 54.7 Å². The van der Waals surface area contributed by atoms with Crippen molar-refractivity contribution in [1.82, 2.24) is 9.97 Å². The minimum atomic E-state index is 0.931. The van der Waals surface area contributed by atoms with Gasteiger partial charge < -0.3 is 0 Å². The lowest BCUT2D eigenvalue weighted by molar-refractivity contribution is 0.912. The Morgan fingerprint density at radius 1 is 0.895 bits per heavy atom. The van der Waals surface area contributed by atoms with Crippen molar-refractivity contribution < 1.29 is 0 Å². The van der Waals surface area contributed by atoms with Crippen molar-refractivity contribution in [2.24, 2.45) is 0 Å². The number of nitrogens with zero attached hydrogens (tertiary/aromatic N) is 2. The van der Waals surface area contributed by atoms with E-state index in [-0.39, 0.29) is 0 Å². The summed E-state index contributed by atoms with van der Waals surface area (Å²) in [7, 11) is 0. The molecule has 0 atom stereocenters. The molecule has 0 aliphatic rings. The minimum Gasteiger partial charge on any atom is -0.253 e. The lowest BCUT2D eigenvalue weighted by Crippen LogP contribution is -1.96. The monoisotopic (exact) mass is 248 g/mol. The highest BCUT2D eigenvalue weighted by molar-refractivity contribution is 5.74. The maximum absolute atomic E-state index is 4.67. The summed E-state index contributed by atoms with van der Waals surface area (Å²) in [6.45, 7) is 2.07. The zero-order valence-electron chi connectivity index (χ0n) is 11.0. The Balaban J connectivity index is 1.80. The van der Waals surface area contributed by atoms with E-state index in [0.717, 1.165) is 29.6 Å². The fourth-order valence-electron chi connectivity index (χ4n) is 2.20. The van der Waals surface area contributed by atoms with Crippen molar-refractivity contribution in [1.29, 1.82) is 0 Å². The Bertz CT molecular complexity index is 690. The lowest BCUT2D eigenvalue weighted by atomic mass is 10.1. The fourth-order valence-corrected chi connectivity index (χ4v) is 2.20. The summed E-state index contributed by atoms with van der Waals surface area (Å²) in [5.41, 5.74) is 5.58. The van der Waals surface area contributed by atoms with E-state index >= 15 is 0 Å². The molecule has 1 heterocycles. The van der Waals surface area contributed by atoms with Gasteiger partial charge in [-0.15, -0.1) is 0 Å². The van der Waals surface area contributed by atoms with E-state index in [0.29, 0.717) is 0 Å². The number of hydrogen-bond donors (Lipinski definition) is 0. The molecule has 0 unspecified atom stereocenters. The first-order valence-electron chi connectivity index (χ1n) is 6.57. The second-order valence-corrected chi connectivity index (χ2v) is 4.84. The molecular weight excluding hydrogens is 232 g/mol. The number of benzene rings is 2. The molecule has 2 aromatic carbocycles. The Kier molecular flexibility index (Phi) is 3.23. The van der Waals surface area contributed by atoms with Crippen LogP contribution in [0.3, 0.4) is 0 Å². The van der Waals surface area contributed by atoms with Gasteiger partial charge in [0.15, 0.2) is 0 Å². The van der Waals surface area contributed by atoms with Gasteiger partial charge in [-0.2, -0.15) is 0 Å². The van der Waals surface area contributed by atoms with Gasteiger partial charge in [0.2, 0.25) is 0 Å². The first-order valence-corrected chi connectivity index (χ1v) is 6.57. The van der Waals surface area contributed by atoms with Crippen LogP contribution in [0.5, 0.6) is 0 Å². The Morgan fingerprint density at radius 3 is 2.58 bits per heavy atom. The number of fused-ring (bicyclic) bond motifs is 1. The molecule has 2 heteroatoms. The Hall–Kier alpha value is -2.22. The van der Waals surface area contributed by atoms with Crippen molar-refractivity contribution in [2.45, 2.75) is 19.8 Å². The molecule has 0 saturated heterocycles. The summed E-state index contributed by atoms with van der Waals surface area (Å²) in [6, 6.07) is 16.7. The van der Waals surface area contributed by atoms with Gasteiger partial charge in [0, 0.05) is 6.20 Å². The first kappa shape index (κ1) is 11.8. The molecule has 1 aromatic heterocycles. The molecule has 0 bridgehead atoms. The van der Waals surface area contributed by atoms with Gasteiger partial charge in [-0.25, -0.2) is 4.98 Å². The van der Waals surface area contributed by atoms with Crippen LogP contribution in [-0.2, 0) is 12.8 Å². The second-order valence-electron chi connectivity index (χ2n) is 4.84. The number of rotatable bonds is 3. The molecule has 3 rings (SSSR count). The predicted molar refractivity (Wildman–Crippen MR) is 78.1 cm³/mol. The number of aryl methyl sites for hydroxylation is 3. The third kappa shape index (κ3) is 2.79.